The van der Waals surface area contributed by atoms with Gasteiger partial charge in [0.15, 0.2) is 0 Å². The fourth-order valence-corrected chi connectivity index (χ4v) is 1.13. The first-order valence-electron chi connectivity index (χ1n) is 5.14. The second kappa shape index (κ2) is 8.46. The van der Waals surface area contributed by atoms with Gasteiger partial charge in [-0.3, -0.25) is 0 Å². The van der Waals surface area contributed by atoms with Crippen LogP contribution in [0.15, 0.2) is 36.7 Å². The van der Waals surface area contributed by atoms with Crippen LogP contribution in [0.5, 0.6) is 0 Å². The Morgan fingerprint density at radius 1 is 1.13 bits per heavy atom. The summed E-state index contributed by atoms with van der Waals surface area (Å²) in [5.74, 6) is 0.723. The third-order valence-corrected chi connectivity index (χ3v) is 2.29. The predicted octanol–water partition coefficient (Wildman–Crippen LogP) is 5.29. The zero-order valence-electron chi connectivity index (χ0n) is 9.52. The van der Waals surface area contributed by atoms with Crippen LogP contribution in [0.1, 0.15) is 41.0 Å². The van der Waals surface area contributed by atoms with Gasteiger partial charge in [-0.1, -0.05) is 59.4 Å². The highest BCUT2D eigenvalue weighted by Crippen LogP contribution is 2.19. The van der Waals surface area contributed by atoms with Crippen molar-refractivity contribution in [2.75, 3.05) is 0 Å². The summed E-state index contributed by atoms with van der Waals surface area (Å²) in [7, 11) is 0. The predicted molar refractivity (Wildman–Crippen MR) is 68.5 cm³/mol. The lowest BCUT2D eigenvalue weighted by molar-refractivity contribution is 0.494. The van der Waals surface area contributed by atoms with Gasteiger partial charge in [0.25, 0.3) is 0 Å². The van der Waals surface area contributed by atoms with Crippen molar-refractivity contribution in [1.82, 2.24) is 0 Å². The number of hydrogen-bond acceptors (Lipinski definition) is 0. The van der Waals surface area contributed by atoms with Crippen molar-refractivity contribution >= 4 is 0 Å². The molecule has 1 unspecified atom stereocenters. The molecule has 0 rings (SSSR count). The molecule has 88 valence electrons. The van der Waals surface area contributed by atoms with E-state index in [0.717, 1.165) is 12.0 Å². The maximum atomic E-state index is 12.3. The molecule has 1 atom stereocenters. The monoisotopic (exact) mass is 212 g/mol. The summed E-state index contributed by atoms with van der Waals surface area (Å²) in [5.41, 5.74) is 0.976. The number of halogens is 1. The Hall–Kier alpha value is -0.850. The SMILES string of the molecule is C.C=C(F)/C=C\C(=C)C(C)CCC(C)C. The van der Waals surface area contributed by atoms with Crippen molar-refractivity contribution in [3.63, 3.8) is 0 Å². The van der Waals surface area contributed by atoms with Crippen LogP contribution in [0, 0.1) is 11.8 Å². The summed E-state index contributed by atoms with van der Waals surface area (Å²) in [6.07, 6.45) is 5.38. The first-order chi connectivity index (χ1) is 6.43. The van der Waals surface area contributed by atoms with Crippen molar-refractivity contribution in [2.24, 2.45) is 11.8 Å². The van der Waals surface area contributed by atoms with E-state index >= 15 is 0 Å². The third kappa shape index (κ3) is 9.45. The van der Waals surface area contributed by atoms with Crippen LogP contribution in [0.2, 0.25) is 0 Å². The highest BCUT2D eigenvalue weighted by Gasteiger charge is 2.05. The summed E-state index contributed by atoms with van der Waals surface area (Å²) in [5, 5.41) is 0. The fraction of sp³-hybridized carbons (Fsp3) is 0.571. The molecule has 0 aromatic rings. The number of rotatable bonds is 6. The maximum Gasteiger partial charge on any atom is 0.116 e. The standard InChI is InChI=1S/C13H21F.CH4/c1-10(2)6-7-11(3)12(4)8-9-13(5)14;/h8-11H,4-7H2,1-3H3;1H4/b9-8-;. The minimum atomic E-state index is -0.415. The van der Waals surface area contributed by atoms with Gasteiger partial charge < -0.3 is 0 Å². The van der Waals surface area contributed by atoms with E-state index in [1.54, 1.807) is 6.08 Å². The largest absolute Gasteiger partial charge is 0.208 e. The van der Waals surface area contributed by atoms with E-state index in [1.807, 2.05) is 0 Å². The molecular formula is C14H25F. The molecule has 0 N–H and O–H groups in total. The second-order valence-corrected chi connectivity index (χ2v) is 4.23. The van der Waals surface area contributed by atoms with Gasteiger partial charge in [-0.05, 0) is 24.3 Å². The molecule has 0 saturated heterocycles. The Bertz CT molecular complexity index is 223. The highest BCUT2D eigenvalue weighted by atomic mass is 19.1. The normalized spacial score (nSPS) is 12.6. The van der Waals surface area contributed by atoms with Gasteiger partial charge >= 0.3 is 0 Å². The number of allylic oxidation sites excluding steroid dienone is 4. The van der Waals surface area contributed by atoms with Gasteiger partial charge in [-0.2, -0.15) is 0 Å². The van der Waals surface area contributed by atoms with Crippen molar-refractivity contribution in [2.45, 2.75) is 41.0 Å². The van der Waals surface area contributed by atoms with Crippen molar-refractivity contribution in [1.29, 1.82) is 0 Å². The smallest absolute Gasteiger partial charge is 0.116 e. The zero-order chi connectivity index (χ0) is 11.1. The Morgan fingerprint density at radius 3 is 2.07 bits per heavy atom. The first kappa shape index (κ1) is 16.6. The molecule has 0 aromatic heterocycles. The topological polar surface area (TPSA) is 0 Å². The van der Waals surface area contributed by atoms with Crippen LogP contribution in [0.3, 0.4) is 0 Å². The molecule has 0 nitrogen and oxygen atoms in total. The maximum absolute atomic E-state index is 12.3. The van der Waals surface area contributed by atoms with Crippen LogP contribution >= 0.6 is 0 Å². The van der Waals surface area contributed by atoms with Crippen LogP contribution in [-0.4, -0.2) is 0 Å². The van der Waals surface area contributed by atoms with Gasteiger partial charge in [-0.25, -0.2) is 4.39 Å². The molecule has 0 bridgehead atoms. The summed E-state index contributed by atoms with van der Waals surface area (Å²) in [6.45, 7) is 13.6. The molecule has 0 aliphatic rings. The van der Waals surface area contributed by atoms with E-state index in [2.05, 4.69) is 33.9 Å². The van der Waals surface area contributed by atoms with E-state index in [9.17, 15) is 4.39 Å². The molecule has 0 radical (unpaired) electrons. The lowest BCUT2D eigenvalue weighted by atomic mass is 9.93. The summed E-state index contributed by atoms with van der Waals surface area (Å²) in [4.78, 5) is 0. The Morgan fingerprint density at radius 2 is 1.67 bits per heavy atom. The molecule has 0 heterocycles. The molecular weight excluding hydrogens is 187 g/mol. The van der Waals surface area contributed by atoms with Gasteiger partial charge in [0, 0.05) is 0 Å². The highest BCUT2D eigenvalue weighted by molar-refractivity contribution is 5.22. The average Bonchev–Trinajstić information content (AvgIpc) is 2.09. The molecule has 0 aromatic carbocycles. The zero-order valence-corrected chi connectivity index (χ0v) is 9.52. The lowest BCUT2D eigenvalue weighted by Crippen LogP contribution is -1.99. The molecule has 0 fully saturated rings. The van der Waals surface area contributed by atoms with Crippen LogP contribution < -0.4 is 0 Å². The van der Waals surface area contributed by atoms with Gasteiger partial charge in [0.1, 0.15) is 5.83 Å². The van der Waals surface area contributed by atoms with Crippen molar-refractivity contribution in [3.8, 4) is 0 Å². The van der Waals surface area contributed by atoms with E-state index in [4.69, 9.17) is 0 Å². The number of hydrogen-bond donors (Lipinski definition) is 0. The molecule has 0 saturated carbocycles. The Labute approximate surface area is 94.6 Å². The Kier molecular flexibility index (Phi) is 9.35. The van der Waals surface area contributed by atoms with Crippen LogP contribution in [0.4, 0.5) is 4.39 Å². The summed E-state index contributed by atoms with van der Waals surface area (Å²) < 4.78 is 12.3. The van der Waals surface area contributed by atoms with E-state index < -0.39 is 5.83 Å². The van der Waals surface area contributed by atoms with Crippen LogP contribution in [0.25, 0.3) is 0 Å². The van der Waals surface area contributed by atoms with Gasteiger partial charge in [0.2, 0.25) is 0 Å². The van der Waals surface area contributed by atoms with E-state index in [0.29, 0.717) is 11.8 Å². The van der Waals surface area contributed by atoms with Crippen LogP contribution in [-0.2, 0) is 0 Å². The van der Waals surface area contributed by atoms with Crippen molar-refractivity contribution < 1.29 is 4.39 Å². The molecule has 1 heteroatoms. The Balaban J connectivity index is 0. The van der Waals surface area contributed by atoms with Crippen molar-refractivity contribution in [3.05, 3.63) is 36.7 Å². The molecule has 0 spiro atoms. The summed E-state index contributed by atoms with van der Waals surface area (Å²) >= 11 is 0. The third-order valence-electron chi connectivity index (χ3n) is 2.29. The van der Waals surface area contributed by atoms with Gasteiger partial charge in [0.05, 0.1) is 0 Å². The minimum absolute atomic E-state index is 0. The molecule has 0 aliphatic carbocycles. The fourth-order valence-electron chi connectivity index (χ4n) is 1.13. The van der Waals surface area contributed by atoms with Gasteiger partial charge in [-0.15, -0.1) is 0 Å². The molecule has 0 amide bonds. The second-order valence-electron chi connectivity index (χ2n) is 4.23. The van der Waals surface area contributed by atoms with E-state index in [-0.39, 0.29) is 7.43 Å². The average molecular weight is 212 g/mol. The van der Waals surface area contributed by atoms with E-state index in [1.165, 1.54) is 12.5 Å². The lowest BCUT2D eigenvalue weighted by Gasteiger charge is -2.12. The first-order valence-corrected chi connectivity index (χ1v) is 5.14. The molecule has 15 heavy (non-hydrogen) atoms. The quantitative estimate of drug-likeness (QED) is 0.525. The molecule has 0 aliphatic heterocycles. The summed E-state index contributed by atoms with van der Waals surface area (Å²) in [6, 6.07) is 0. The minimum Gasteiger partial charge on any atom is -0.208 e.